The molecule has 6 nitrogen and oxygen atoms in total. The van der Waals surface area contributed by atoms with E-state index in [1.54, 1.807) is 10.9 Å². The number of benzene rings is 1. The third kappa shape index (κ3) is 3.89. The predicted octanol–water partition coefficient (Wildman–Crippen LogP) is 4.35. The summed E-state index contributed by atoms with van der Waals surface area (Å²) in [6, 6.07) is 8.55. The number of H-pyrrole nitrogens is 1. The number of hydrogen-bond acceptors (Lipinski definition) is 4. The molecule has 3 aromatic rings. The minimum Gasteiger partial charge on any atom is -0.349 e. The molecule has 144 valence electrons. The van der Waals surface area contributed by atoms with Crippen LogP contribution in [-0.2, 0) is 11.0 Å². The molecule has 0 fully saturated rings. The molecular weight excluding hydrogens is 338 g/mol. The quantitative estimate of drug-likeness (QED) is 0.722. The van der Waals surface area contributed by atoms with Crippen LogP contribution in [0.5, 0.6) is 0 Å². The molecule has 2 aromatic heterocycles. The Morgan fingerprint density at radius 2 is 1.70 bits per heavy atom. The molecule has 0 saturated heterocycles. The standard InChI is InChI=1S/C21H29N5O/c1-13(14-8-10-15(11-9-14)20(2,3)4)23-19-24-17-16(18(27)25-19)12-22-26(17)21(5,6)7/h8-13H,1-7H3,(H2,23,24,25,27). The van der Waals surface area contributed by atoms with E-state index in [4.69, 9.17) is 0 Å². The van der Waals surface area contributed by atoms with E-state index in [-0.39, 0.29) is 22.6 Å². The summed E-state index contributed by atoms with van der Waals surface area (Å²) in [5.74, 6) is 0.450. The highest BCUT2D eigenvalue weighted by Gasteiger charge is 2.20. The third-order valence-corrected chi connectivity index (χ3v) is 4.70. The fourth-order valence-electron chi connectivity index (χ4n) is 3.04. The highest BCUT2D eigenvalue weighted by atomic mass is 16.1. The second-order valence-corrected chi connectivity index (χ2v) is 9.12. The minimum atomic E-state index is -0.256. The number of hydrogen-bond donors (Lipinski definition) is 2. The molecule has 3 rings (SSSR count). The van der Waals surface area contributed by atoms with Gasteiger partial charge in [-0.3, -0.25) is 9.78 Å². The zero-order valence-electron chi connectivity index (χ0n) is 17.2. The van der Waals surface area contributed by atoms with Crippen molar-refractivity contribution in [3.05, 3.63) is 51.9 Å². The molecule has 2 N–H and O–H groups in total. The Labute approximate surface area is 160 Å². The lowest BCUT2D eigenvalue weighted by atomic mass is 9.86. The predicted molar refractivity (Wildman–Crippen MR) is 110 cm³/mol. The van der Waals surface area contributed by atoms with Crippen molar-refractivity contribution in [1.82, 2.24) is 19.7 Å². The Kier molecular flexibility index (Phi) is 4.62. The second-order valence-electron chi connectivity index (χ2n) is 9.12. The first-order valence-electron chi connectivity index (χ1n) is 9.32. The zero-order chi connectivity index (χ0) is 20.0. The van der Waals surface area contributed by atoms with Gasteiger partial charge in [0.2, 0.25) is 5.95 Å². The van der Waals surface area contributed by atoms with E-state index in [1.165, 1.54) is 5.56 Å². The molecule has 0 saturated carbocycles. The van der Waals surface area contributed by atoms with Gasteiger partial charge in [0, 0.05) is 0 Å². The first kappa shape index (κ1) is 19.1. The van der Waals surface area contributed by atoms with Gasteiger partial charge in [0.15, 0.2) is 5.65 Å². The van der Waals surface area contributed by atoms with Crippen LogP contribution in [-0.4, -0.2) is 19.7 Å². The molecule has 1 atom stereocenters. The lowest BCUT2D eigenvalue weighted by molar-refractivity contribution is 0.366. The molecular formula is C21H29N5O. The van der Waals surface area contributed by atoms with Gasteiger partial charge in [0.25, 0.3) is 5.56 Å². The van der Waals surface area contributed by atoms with Gasteiger partial charge < -0.3 is 5.32 Å². The molecule has 0 aliphatic carbocycles. The van der Waals surface area contributed by atoms with Gasteiger partial charge >= 0.3 is 0 Å². The highest BCUT2D eigenvalue weighted by Crippen LogP contribution is 2.25. The van der Waals surface area contributed by atoms with Crippen molar-refractivity contribution >= 4 is 17.0 Å². The maximum atomic E-state index is 12.4. The Hall–Kier alpha value is -2.63. The average Bonchev–Trinajstić information content (AvgIpc) is 2.99. The lowest BCUT2D eigenvalue weighted by Crippen LogP contribution is -2.24. The van der Waals surface area contributed by atoms with Crippen LogP contribution in [0.4, 0.5) is 5.95 Å². The summed E-state index contributed by atoms with van der Waals surface area (Å²) in [5, 5.41) is 8.15. The maximum Gasteiger partial charge on any atom is 0.263 e. The molecule has 0 radical (unpaired) electrons. The van der Waals surface area contributed by atoms with Crippen LogP contribution in [0.2, 0.25) is 0 Å². The van der Waals surface area contributed by atoms with Gasteiger partial charge in [0.1, 0.15) is 5.39 Å². The van der Waals surface area contributed by atoms with E-state index in [0.29, 0.717) is 17.0 Å². The van der Waals surface area contributed by atoms with E-state index in [9.17, 15) is 4.79 Å². The number of fused-ring (bicyclic) bond motifs is 1. The van der Waals surface area contributed by atoms with Crippen LogP contribution in [0, 0.1) is 0 Å². The maximum absolute atomic E-state index is 12.4. The Morgan fingerprint density at radius 3 is 2.26 bits per heavy atom. The molecule has 0 aliphatic rings. The van der Waals surface area contributed by atoms with E-state index in [2.05, 4.69) is 72.3 Å². The smallest absolute Gasteiger partial charge is 0.263 e. The number of aromatic nitrogens is 4. The van der Waals surface area contributed by atoms with E-state index in [1.807, 2.05) is 20.8 Å². The monoisotopic (exact) mass is 367 g/mol. The van der Waals surface area contributed by atoms with Crippen molar-refractivity contribution in [2.45, 2.75) is 65.5 Å². The van der Waals surface area contributed by atoms with Crippen LogP contribution >= 0.6 is 0 Å². The summed E-state index contributed by atoms with van der Waals surface area (Å²) >= 11 is 0. The zero-order valence-corrected chi connectivity index (χ0v) is 17.2. The van der Waals surface area contributed by atoms with Crippen LogP contribution in [0.3, 0.4) is 0 Å². The second kappa shape index (κ2) is 6.51. The Balaban J connectivity index is 1.91. The summed E-state index contributed by atoms with van der Waals surface area (Å²) in [6.07, 6.45) is 1.57. The molecule has 1 aromatic carbocycles. The normalized spacial score (nSPS) is 13.7. The van der Waals surface area contributed by atoms with Crippen molar-refractivity contribution in [2.24, 2.45) is 0 Å². The van der Waals surface area contributed by atoms with Crippen LogP contribution in [0.1, 0.15) is 65.6 Å². The summed E-state index contributed by atoms with van der Waals surface area (Å²) in [5.41, 5.74) is 2.69. The van der Waals surface area contributed by atoms with Crippen molar-refractivity contribution < 1.29 is 0 Å². The fraction of sp³-hybridized carbons (Fsp3) is 0.476. The molecule has 1 unspecified atom stereocenters. The van der Waals surface area contributed by atoms with E-state index >= 15 is 0 Å². The summed E-state index contributed by atoms with van der Waals surface area (Å²) < 4.78 is 1.78. The summed E-state index contributed by atoms with van der Waals surface area (Å²) in [6.45, 7) is 14.8. The third-order valence-electron chi connectivity index (χ3n) is 4.70. The van der Waals surface area contributed by atoms with Gasteiger partial charge in [0.05, 0.1) is 17.8 Å². The Bertz CT molecular complexity index is 1000. The highest BCUT2D eigenvalue weighted by molar-refractivity contribution is 5.74. The molecule has 0 amide bonds. The van der Waals surface area contributed by atoms with Crippen LogP contribution in [0.15, 0.2) is 35.3 Å². The van der Waals surface area contributed by atoms with Crippen molar-refractivity contribution in [3.8, 4) is 0 Å². The largest absolute Gasteiger partial charge is 0.349 e. The number of aromatic amines is 1. The van der Waals surface area contributed by atoms with E-state index in [0.717, 1.165) is 5.56 Å². The van der Waals surface area contributed by atoms with Gasteiger partial charge in [-0.05, 0) is 44.2 Å². The topological polar surface area (TPSA) is 75.6 Å². The molecule has 0 aliphatic heterocycles. The number of rotatable bonds is 3. The Morgan fingerprint density at radius 1 is 1.07 bits per heavy atom. The van der Waals surface area contributed by atoms with Gasteiger partial charge in [-0.15, -0.1) is 0 Å². The SMILES string of the molecule is CC(Nc1nc2c(cnn2C(C)(C)C)c(=O)[nH]1)c1ccc(C(C)(C)C)cc1. The molecule has 2 heterocycles. The summed E-state index contributed by atoms with van der Waals surface area (Å²) in [7, 11) is 0. The van der Waals surface area contributed by atoms with Crippen molar-refractivity contribution in [3.63, 3.8) is 0 Å². The molecule has 0 bridgehead atoms. The lowest BCUT2D eigenvalue weighted by Gasteiger charge is -2.21. The fourth-order valence-corrected chi connectivity index (χ4v) is 3.04. The number of anilines is 1. The van der Waals surface area contributed by atoms with Crippen molar-refractivity contribution in [1.29, 1.82) is 0 Å². The minimum absolute atomic E-state index is 0.00521. The van der Waals surface area contributed by atoms with Gasteiger partial charge in [-0.25, -0.2) is 4.68 Å². The van der Waals surface area contributed by atoms with Gasteiger partial charge in [-0.2, -0.15) is 10.1 Å². The number of nitrogens with one attached hydrogen (secondary N) is 2. The van der Waals surface area contributed by atoms with E-state index < -0.39 is 0 Å². The summed E-state index contributed by atoms with van der Waals surface area (Å²) in [4.78, 5) is 19.9. The van der Waals surface area contributed by atoms with Gasteiger partial charge in [-0.1, -0.05) is 45.0 Å². The van der Waals surface area contributed by atoms with Crippen LogP contribution in [0.25, 0.3) is 11.0 Å². The van der Waals surface area contributed by atoms with Crippen molar-refractivity contribution in [2.75, 3.05) is 5.32 Å². The average molecular weight is 367 g/mol. The molecule has 6 heteroatoms. The first-order chi connectivity index (χ1) is 12.5. The molecule has 0 spiro atoms. The number of nitrogens with zero attached hydrogens (tertiary/aromatic N) is 3. The molecule has 27 heavy (non-hydrogen) atoms. The first-order valence-corrected chi connectivity index (χ1v) is 9.32. The van der Waals surface area contributed by atoms with Crippen LogP contribution < -0.4 is 10.9 Å².